The number of dihydropyridines is 1. The lowest BCUT2D eigenvalue weighted by Gasteiger charge is -2.27. The molecule has 1 N–H and O–H groups in total. The fourth-order valence-corrected chi connectivity index (χ4v) is 2.47. The van der Waals surface area contributed by atoms with Gasteiger partial charge in [0.2, 0.25) is 0 Å². The van der Waals surface area contributed by atoms with Crippen molar-refractivity contribution in [3.05, 3.63) is 22.8 Å². The molecule has 0 atom stereocenters. The zero-order valence-corrected chi connectivity index (χ0v) is 11.2. The molecular weight excluding hydrogens is 242 g/mol. The van der Waals surface area contributed by atoms with Crippen LogP contribution >= 0.6 is 0 Å². The minimum atomic E-state index is -0.777. The van der Waals surface area contributed by atoms with Gasteiger partial charge in [-0.3, -0.25) is 14.6 Å². The van der Waals surface area contributed by atoms with E-state index < -0.39 is 5.54 Å². The first-order valence-electron chi connectivity index (χ1n) is 6.39. The summed E-state index contributed by atoms with van der Waals surface area (Å²) in [6, 6.07) is 0. The number of carbonyl (C=O) groups is 2. The highest BCUT2D eigenvalue weighted by atomic mass is 16.1. The fraction of sp³-hybridized carbons (Fsp3) is 0.429. The molecule has 0 saturated carbocycles. The van der Waals surface area contributed by atoms with E-state index in [2.05, 4.69) is 15.0 Å². The smallest absolute Gasteiger partial charge is 0.186 e. The van der Waals surface area contributed by atoms with Gasteiger partial charge in [0.05, 0.1) is 0 Å². The monoisotopic (exact) mass is 257 g/mol. The summed E-state index contributed by atoms with van der Waals surface area (Å²) in [5.41, 5.74) is 1.56. The van der Waals surface area contributed by atoms with E-state index in [0.717, 1.165) is 12.2 Å². The molecular formula is C14H15N3O2. The van der Waals surface area contributed by atoms with Crippen molar-refractivity contribution in [2.45, 2.75) is 39.2 Å². The maximum atomic E-state index is 12.4. The highest BCUT2D eigenvalue weighted by molar-refractivity contribution is 6.29. The van der Waals surface area contributed by atoms with Crippen molar-refractivity contribution in [2.24, 2.45) is 4.99 Å². The molecule has 1 aromatic heterocycles. The van der Waals surface area contributed by atoms with Crippen LogP contribution in [0.2, 0.25) is 0 Å². The van der Waals surface area contributed by atoms with E-state index >= 15 is 0 Å². The third-order valence-corrected chi connectivity index (χ3v) is 3.63. The Bertz CT molecular complexity index is 662. The van der Waals surface area contributed by atoms with Crippen LogP contribution in [0.4, 0.5) is 0 Å². The maximum Gasteiger partial charge on any atom is 0.186 e. The number of nitrogens with one attached hydrogen (secondary N) is 1. The molecule has 0 amide bonds. The highest BCUT2D eigenvalue weighted by Gasteiger charge is 2.39. The van der Waals surface area contributed by atoms with Gasteiger partial charge in [-0.05, 0) is 13.8 Å². The Kier molecular flexibility index (Phi) is 2.36. The molecule has 0 bridgehead atoms. The summed E-state index contributed by atoms with van der Waals surface area (Å²) in [7, 11) is 0. The standard InChI is InChI=1S/C14H15N3O2/c1-4-10-16-11-8-6-15-14(2,3)13(19)7(8)5-9(18)12(11)17-10/h6H,4-5H2,1-3H3,(H,16,17). The quantitative estimate of drug-likeness (QED) is 0.832. The molecule has 5 nitrogen and oxygen atoms in total. The average Bonchev–Trinajstić information content (AvgIpc) is 2.80. The van der Waals surface area contributed by atoms with Crippen LogP contribution in [0.1, 0.15) is 49.2 Å². The third kappa shape index (κ3) is 1.61. The molecule has 0 spiro atoms. The van der Waals surface area contributed by atoms with E-state index in [4.69, 9.17) is 0 Å². The number of aliphatic imine (C=N–C) groups is 1. The molecule has 1 aliphatic heterocycles. The Morgan fingerprint density at radius 1 is 1.37 bits per heavy atom. The van der Waals surface area contributed by atoms with Crippen LogP contribution in [0, 0.1) is 0 Å². The number of aromatic nitrogens is 2. The van der Waals surface area contributed by atoms with Crippen LogP contribution in [-0.4, -0.2) is 33.3 Å². The molecule has 19 heavy (non-hydrogen) atoms. The van der Waals surface area contributed by atoms with Crippen LogP contribution in [0.25, 0.3) is 5.57 Å². The van der Waals surface area contributed by atoms with Crippen molar-refractivity contribution in [2.75, 3.05) is 0 Å². The van der Waals surface area contributed by atoms with Crippen molar-refractivity contribution >= 4 is 23.4 Å². The minimum Gasteiger partial charge on any atom is -0.339 e. The maximum absolute atomic E-state index is 12.4. The number of fused-ring (bicyclic) bond motifs is 2. The lowest BCUT2D eigenvalue weighted by atomic mass is 9.81. The molecule has 3 rings (SSSR count). The van der Waals surface area contributed by atoms with E-state index in [1.165, 1.54) is 0 Å². The number of rotatable bonds is 1. The van der Waals surface area contributed by atoms with Gasteiger partial charge >= 0.3 is 0 Å². The van der Waals surface area contributed by atoms with E-state index in [-0.39, 0.29) is 18.0 Å². The SMILES string of the molecule is CCc1nc2c([nH]1)C(=O)CC1=C2C=NC(C)(C)C1=O. The summed E-state index contributed by atoms with van der Waals surface area (Å²) in [5.74, 6) is 0.614. The van der Waals surface area contributed by atoms with Crippen LogP contribution in [-0.2, 0) is 11.2 Å². The Balaban J connectivity index is 2.20. The number of Topliss-reactive ketones (excluding diaryl/α,β-unsaturated/α-hetero) is 2. The van der Waals surface area contributed by atoms with Crippen molar-refractivity contribution < 1.29 is 9.59 Å². The van der Waals surface area contributed by atoms with E-state index in [1.807, 2.05) is 6.92 Å². The van der Waals surface area contributed by atoms with Crippen LogP contribution in [0.3, 0.4) is 0 Å². The van der Waals surface area contributed by atoms with Gasteiger partial charge in [0.15, 0.2) is 11.6 Å². The first-order valence-corrected chi connectivity index (χ1v) is 6.39. The number of carbonyl (C=O) groups excluding carboxylic acids is 2. The Hall–Kier alpha value is -2.04. The first-order chi connectivity index (χ1) is 8.94. The molecule has 0 aromatic carbocycles. The molecule has 0 fully saturated rings. The second-order valence-corrected chi connectivity index (χ2v) is 5.40. The number of imidazole rings is 1. The van der Waals surface area contributed by atoms with Gasteiger partial charge in [0, 0.05) is 30.2 Å². The van der Waals surface area contributed by atoms with Gasteiger partial charge in [0.25, 0.3) is 0 Å². The van der Waals surface area contributed by atoms with Gasteiger partial charge in [0.1, 0.15) is 22.8 Å². The van der Waals surface area contributed by atoms with Gasteiger partial charge in [-0.2, -0.15) is 0 Å². The van der Waals surface area contributed by atoms with Crippen molar-refractivity contribution in [3.8, 4) is 0 Å². The molecule has 0 radical (unpaired) electrons. The number of ketones is 2. The largest absolute Gasteiger partial charge is 0.339 e. The normalized spacial score (nSPS) is 20.6. The molecule has 0 saturated heterocycles. The molecule has 2 aliphatic rings. The zero-order chi connectivity index (χ0) is 13.8. The summed E-state index contributed by atoms with van der Waals surface area (Å²) in [6.45, 7) is 5.49. The second-order valence-electron chi connectivity index (χ2n) is 5.40. The van der Waals surface area contributed by atoms with Crippen LogP contribution in [0.5, 0.6) is 0 Å². The number of allylic oxidation sites excluding steroid dienone is 1. The fourth-order valence-electron chi connectivity index (χ4n) is 2.47. The van der Waals surface area contributed by atoms with Crippen LogP contribution in [0.15, 0.2) is 10.6 Å². The number of aryl methyl sites for hydroxylation is 1. The number of aromatic amines is 1. The molecule has 5 heteroatoms. The average molecular weight is 257 g/mol. The topological polar surface area (TPSA) is 75.2 Å². The van der Waals surface area contributed by atoms with Crippen molar-refractivity contribution in [1.29, 1.82) is 0 Å². The summed E-state index contributed by atoms with van der Waals surface area (Å²) in [4.78, 5) is 36.2. The number of H-pyrrole nitrogens is 1. The van der Waals surface area contributed by atoms with Crippen molar-refractivity contribution in [1.82, 2.24) is 9.97 Å². The predicted molar refractivity (Wildman–Crippen MR) is 71.4 cm³/mol. The van der Waals surface area contributed by atoms with E-state index in [9.17, 15) is 9.59 Å². The lowest BCUT2D eigenvalue weighted by Crippen LogP contribution is -2.36. The summed E-state index contributed by atoms with van der Waals surface area (Å²) < 4.78 is 0. The number of hydrogen-bond donors (Lipinski definition) is 1. The Labute approximate surface area is 110 Å². The summed E-state index contributed by atoms with van der Waals surface area (Å²) in [6.07, 6.45) is 2.55. The predicted octanol–water partition coefficient (Wildman–Crippen LogP) is 1.74. The zero-order valence-electron chi connectivity index (χ0n) is 11.2. The Morgan fingerprint density at radius 3 is 2.79 bits per heavy atom. The lowest BCUT2D eigenvalue weighted by molar-refractivity contribution is -0.119. The van der Waals surface area contributed by atoms with E-state index in [1.54, 1.807) is 20.1 Å². The third-order valence-electron chi connectivity index (χ3n) is 3.63. The van der Waals surface area contributed by atoms with Gasteiger partial charge in [-0.1, -0.05) is 6.92 Å². The molecule has 0 unspecified atom stereocenters. The molecule has 2 heterocycles. The molecule has 1 aromatic rings. The second kappa shape index (κ2) is 3.73. The summed E-state index contributed by atoms with van der Waals surface area (Å²) in [5, 5.41) is 0. The van der Waals surface area contributed by atoms with E-state index in [0.29, 0.717) is 22.5 Å². The first kappa shape index (κ1) is 12.0. The number of nitrogens with zero attached hydrogens (tertiary/aromatic N) is 2. The molecule has 1 aliphatic carbocycles. The highest BCUT2D eigenvalue weighted by Crippen LogP contribution is 2.35. The Morgan fingerprint density at radius 2 is 2.11 bits per heavy atom. The summed E-state index contributed by atoms with van der Waals surface area (Å²) >= 11 is 0. The van der Waals surface area contributed by atoms with Gasteiger partial charge in [-0.15, -0.1) is 0 Å². The number of hydrogen-bond acceptors (Lipinski definition) is 4. The molecule has 98 valence electrons. The van der Waals surface area contributed by atoms with Crippen molar-refractivity contribution in [3.63, 3.8) is 0 Å². The van der Waals surface area contributed by atoms with Gasteiger partial charge < -0.3 is 4.98 Å². The van der Waals surface area contributed by atoms with Crippen LogP contribution < -0.4 is 0 Å². The van der Waals surface area contributed by atoms with Gasteiger partial charge in [-0.25, -0.2) is 4.98 Å². The minimum absolute atomic E-state index is 0.0691.